The number of aromatic nitrogens is 4. The summed E-state index contributed by atoms with van der Waals surface area (Å²) < 4.78 is 1.94. The summed E-state index contributed by atoms with van der Waals surface area (Å²) in [5, 5.41) is 21.5. The summed E-state index contributed by atoms with van der Waals surface area (Å²) in [6.07, 6.45) is 14.7. The van der Waals surface area contributed by atoms with E-state index >= 15 is 0 Å². The van der Waals surface area contributed by atoms with Crippen LogP contribution in [0.4, 0.5) is 11.6 Å². The molecule has 4 aliphatic heterocycles. The number of β-amino-alcohol motifs (C(OH)–C–C–N with tert-alkyl or cyclic N) is 1. The highest BCUT2D eigenvalue weighted by Gasteiger charge is 2.36. The van der Waals surface area contributed by atoms with E-state index in [1.165, 1.54) is 19.3 Å². The predicted molar refractivity (Wildman–Crippen MR) is 216 cm³/mol. The van der Waals surface area contributed by atoms with Gasteiger partial charge in [-0.2, -0.15) is 0 Å². The normalized spacial score (nSPS) is 22.8. The minimum atomic E-state index is -0.663. The minimum absolute atomic E-state index is 0.198. The van der Waals surface area contributed by atoms with Gasteiger partial charge in [0.15, 0.2) is 0 Å². The number of benzene rings is 2. The zero-order chi connectivity index (χ0) is 37.5. The predicted octanol–water partition coefficient (Wildman–Crippen LogP) is 5.83. The van der Waals surface area contributed by atoms with Crippen LogP contribution in [0.5, 0.6) is 0 Å². The van der Waals surface area contributed by atoms with Crippen molar-refractivity contribution >= 4 is 56.7 Å². The quantitative estimate of drug-likeness (QED) is 0.130. The van der Waals surface area contributed by atoms with E-state index in [0.717, 1.165) is 116 Å². The number of amides is 2. The Hall–Kier alpha value is -4.49. The van der Waals surface area contributed by atoms with Gasteiger partial charge in [0.05, 0.1) is 22.5 Å². The van der Waals surface area contributed by atoms with E-state index in [9.17, 15) is 14.7 Å². The number of hydrogen-bond acceptors (Lipinski definition) is 9. The Labute approximate surface area is 326 Å². The molecule has 4 fully saturated rings. The van der Waals surface area contributed by atoms with Gasteiger partial charge in [0.2, 0.25) is 17.8 Å². The number of halogens is 1. The smallest absolute Gasteiger partial charge is 0.249 e. The average Bonchev–Trinajstić information content (AvgIpc) is 3.94. The SMILES string of the molecule is O=C1CCC(n2cc3ccc(N4CCC(O)(CN5CCC(CCN6CC[C@@H](Nc7ncc(Cl)c(-c8c[nH]c9ccccc89)n7)C6)CC5)CC4)cc3c2)C(=O)N1. The lowest BCUT2D eigenvalue weighted by Gasteiger charge is -2.43. The molecule has 0 aliphatic carbocycles. The number of imide groups is 1. The number of fused-ring (bicyclic) bond motifs is 2. The van der Waals surface area contributed by atoms with Crippen LogP contribution < -0.4 is 15.5 Å². The van der Waals surface area contributed by atoms with Gasteiger partial charge in [0, 0.05) is 91.3 Å². The highest BCUT2D eigenvalue weighted by Crippen LogP contribution is 2.34. The fourth-order valence-corrected chi connectivity index (χ4v) is 9.47. The fourth-order valence-electron chi connectivity index (χ4n) is 9.28. The third-order valence-corrected chi connectivity index (χ3v) is 12.8. The summed E-state index contributed by atoms with van der Waals surface area (Å²) in [6.45, 7) is 7.64. The van der Waals surface area contributed by atoms with Gasteiger partial charge < -0.3 is 34.7 Å². The van der Waals surface area contributed by atoms with E-state index in [2.05, 4.69) is 65.6 Å². The van der Waals surface area contributed by atoms with Gasteiger partial charge in [-0.3, -0.25) is 14.9 Å². The monoisotopic (exact) mass is 763 g/mol. The van der Waals surface area contributed by atoms with Crippen molar-refractivity contribution in [3.05, 3.63) is 72.3 Å². The zero-order valence-electron chi connectivity index (χ0n) is 31.2. The Kier molecular flexibility index (Phi) is 10.0. The molecule has 7 heterocycles. The Morgan fingerprint density at radius 2 is 1.75 bits per heavy atom. The van der Waals surface area contributed by atoms with Crippen LogP contribution in [0.3, 0.4) is 0 Å². The molecule has 2 aromatic carbocycles. The number of H-pyrrole nitrogens is 1. The Balaban J connectivity index is 0.708. The molecule has 55 heavy (non-hydrogen) atoms. The number of carbonyl (C=O) groups excluding carboxylic acids is 2. The number of piperidine rings is 3. The maximum absolute atomic E-state index is 12.4. The first kappa shape index (κ1) is 36.2. The maximum Gasteiger partial charge on any atom is 0.249 e. The van der Waals surface area contributed by atoms with E-state index < -0.39 is 5.60 Å². The van der Waals surface area contributed by atoms with Crippen LogP contribution in [0.25, 0.3) is 32.9 Å². The third-order valence-electron chi connectivity index (χ3n) is 12.5. The number of aromatic amines is 1. The molecule has 12 nitrogen and oxygen atoms in total. The lowest BCUT2D eigenvalue weighted by Crippen LogP contribution is -2.52. The molecule has 3 aromatic heterocycles. The van der Waals surface area contributed by atoms with Crippen LogP contribution >= 0.6 is 11.6 Å². The van der Waals surface area contributed by atoms with Crippen LogP contribution in [-0.4, -0.2) is 110 Å². The second-order valence-electron chi connectivity index (χ2n) is 16.3. The van der Waals surface area contributed by atoms with Crippen molar-refractivity contribution in [1.29, 1.82) is 0 Å². The maximum atomic E-state index is 12.4. The molecule has 13 heteroatoms. The number of carbonyl (C=O) groups is 2. The molecule has 0 radical (unpaired) electrons. The lowest BCUT2D eigenvalue weighted by atomic mass is 9.88. The van der Waals surface area contributed by atoms with Crippen LogP contribution in [-0.2, 0) is 9.59 Å². The zero-order valence-corrected chi connectivity index (χ0v) is 32.0. The number of nitrogens with one attached hydrogen (secondary N) is 3. The molecule has 2 atom stereocenters. The molecular weight excluding hydrogens is 714 g/mol. The molecular formula is C42H50ClN9O3. The second-order valence-corrected chi connectivity index (χ2v) is 16.7. The Morgan fingerprint density at radius 3 is 2.58 bits per heavy atom. The van der Waals surface area contributed by atoms with Crippen LogP contribution in [0.15, 0.2) is 67.3 Å². The van der Waals surface area contributed by atoms with Crippen LogP contribution in [0, 0.1) is 5.92 Å². The van der Waals surface area contributed by atoms with Gasteiger partial charge in [-0.1, -0.05) is 35.9 Å². The molecule has 0 spiro atoms. The first-order valence-corrected chi connectivity index (χ1v) is 20.4. The number of nitrogens with zero attached hydrogens (tertiary/aromatic N) is 6. The summed E-state index contributed by atoms with van der Waals surface area (Å²) in [6, 6.07) is 14.6. The molecule has 9 rings (SSSR count). The van der Waals surface area contributed by atoms with Gasteiger partial charge in [0.1, 0.15) is 6.04 Å². The molecule has 1 unspecified atom stereocenters. The summed E-state index contributed by atoms with van der Waals surface area (Å²) in [7, 11) is 0. The average molecular weight is 764 g/mol. The molecule has 4 N–H and O–H groups in total. The van der Waals surface area contributed by atoms with Crippen LogP contribution in [0.2, 0.25) is 5.02 Å². The van der Waals surface area contributed by atoms with Gasteiger partial charge in [-0.15, -0.1) is 0 Å². The lowest BCUT2D eigenvalue weighted by molar-refractivity contribution is -0.135. The van der Waals surface area contributed by atoms with Crippen molar-refractivity contribution in [1.82, 2.24) is 34.6 Å². The van der Waals surface area contributed by atoms with Crippen molar-refractivity contribution in [3.63, 3.8) is 0 Å². The topological polar surface area (TPSA) is 135 Å². The number of para-hydroxylation sites is 1. The third kappa shape index (κ3) is 7.82. The van der Waals surface area contributed by atoms with Gasteiger partial charge in [-0.05, 0) is 94.1 Å². The van der Waals surface area contributed by atoms with E-state index in [1.807, 2.05) is 35.3 Å². The first-order valence-electron chi connectivity index (χ1n) is 20.0. The summed E-state index contributed by atoms with van der Waals surface area (Å²) >= 11 is 6.57. The highest BCUT2D eigenvalue weighted by molar-refractivity contribution is 6.33. The van der Waals surface area contributed by atoms with Gasteiger partial charge >= 0.3 is 0 Å². The molecule has 2 amide bonds. The van der Waals surface area contributed by atoms with Gasteiger partial charge in [-0.25, -0.2) is 9.97 Å². The summed E-state index contributed by atoms with van der Waals surface area (Å²) in [4.78, 5) is 44.1. The summed E-state index contributed by atoms with van der Waals surface area (Å²) in [5.41, 5.74) is 3.26. The molecule has 0 bridgehead atoms. The van der Waals surface area contributed by atoms with Crippen molar-refractivity contribution in [2.45, 2.75) is 69.1 Å². The van der Waals surface area contributed by atoms with Crippen molar-refractivity contribution in [2.75, 3.05) is 62.6 Å². The number of aliphatic hydroxyl groups is 1. The summed E-state index contributed by atoms with van der Waals surface area (Å²) in [5.74, 6) is 0.912. The molecule has 0 saturated carbocycles. The second kappa shape index (κ2) is 15.2. The van der Waals surface area contributed by atoms with E-state index in [4.69, 9.17) is 16.6 Å². The standard InChI is InChI=1S/C42H50ClN9O3/c43-35-23-45-41(48-39(35)34-22-44-36-4-2-1-3-33(34)36)46-31-12-18-49(26-31)15-9-28-10-16-50(17-11-28)27-42(55)13-19-51(20-14-42)32-6-5-29-24-52(25-30(29)21-32)37-7-8-38(53)47-40(37)54/h1-6,21-25,28,31,37,44,55H,7-20,26-27H2,(H,45,46,48)(H,47,53,54)/t31-,37?/m1/s1. The Bertz CT molecular complexity index is 2190. The van der Waals surface area contributed by atoms with Crippen molar-refractivity contribution in [2.24, 2.45) is 5.92 Å². The number of hydrogen-bond donors (Lipinski definition) is 4. The largest absolute Gasteiger partial charge is 0.388 e. The van der Waals surface area contributed by atoms with Crippen LogP contribution in [0.1, 0.15) is 57.4 Å². The van der Waals surface area contributed by atoms with E-state index in [1.54, 1.807) is 6.20 Å². The fraction of sp³-hybridized carbons (Fsp3) is 0.476. The highest BCUT2D eigenvalue weighted by atomic mass is 35.5. The molecule has 5 aromatic rings. The molecule has 288 valence electrons. The number of anilines is 2. The minimum Gasteiger partial charge on any atom is -0.388 e. The van der Waals surface area contributed by atoms with E-state index in [0.29, 0.717) is 29.9 Å². The van der Waals surface area contributed by atoms with Crippen molar-refractivity contribution < 1.29 is 14.7 Å². The van der Waals surface area contributed by atoms with Crippen molar-refractivity contribution in [3.8, 4) is 11.3 Å². The van der Waals surface area contributed by atoms with Gasteiger partial charge in [0.25, 0.3) is 0 Å². The number of rotatable bonds is 10. The number of likely N-dealkylation sites (tertiary alicyclic amines) is 2. The van der Waals surface area contributed by atoms with E-state index in [-0.39, 0.29) is 17.9 Å². The first-order chi connectivity index (χ1) is 26.7. The molecule has 4 aliphatic rings. The Morgan fingerprint density at radius 1 is 0.945 bits per heavy atom. The molecule has 4 saturated heterocycles.